The van der Waals surface area contributed by atoms with E-state index in [2.05, 4.69) is 22.6 Å². The van der Waals surface area contributed by atoms with Gasteiger partial charge < -0.3 is 4.74 Å². The number of halogens is 1. The van der Waals surface area contributed by atoms with Crippen molar-refractivity contribution in [3.8, 4) is 5.75 Å². The summed E-state index contributed by atoms with van der Waals surface area (Å²) in [6.45, 7) is 0.398. The van der Waals surface area contributed by atoms with Gasteiger partial charge in [0, 0.05) is 12.1 Å². The third-order valence-corrected chi connectivity index (χ3v) is 7.60. The quantitative estimate of drug-likeness (QED) is 0.0940. The van der Waals surface area contributed by atoms with Crippen LogP contribution in [0.25, 0.3) is 16.8 Å². The largest absolute Gasteiger partial charge is 0.488 e. The summed E-state index contributed by atoms with van der Waals surface area (Å²) in [4.78, 5) is 38.0. The molecule has 1 fully saturated rings. The summed E-state index contributed by atoms with van der Waals surface area (Å²) in [6, 6.07) is 25.5. The smallest absolute Gasteiger partial charge is 0.293 e. The number of amides is 2. The van der Waals surface area contributed by atoms with Crippen molar-refractivity contribution in [3.05, 3.63) is 120 Å². The van der Waals surface area contributed by atoms with Gasteiger partial charge in [-0.25, -0.2) is 0 Å². The number of carbonyl (C=O) groups excluding carboxylic acids is 2. The maximum Gasteiger partial charge on any atom is 0.293 e. The van der Waals surface area contributed by atoms with Crippen LogP contribution in [0.5, 0.6) is 5.75 Å². The van der Waals surface area contributed by atoms with Crippen LogP contribution < -0.4 is 4.74 Å². The summed E-state index contributed by atoms with van der Waals surface area (Å²) >= 11 is 3.07. The number of ether oxygens (including phenoxy) is 1. The van der Waals surface area contributed by atoms with Gasteiger partial charge in [0.1, 0.15) is 12.4 Å². The van der Waals surface area contributed by atoms with E-state index >= 15 is 0 Å². The van der Waals surface area contributed by atoms with Gasteiger partial charge in [0.05, 0.1) is 19.9 Å². The predicted molar refractivity (Wildman–Crippen MR) is 152 cm³/mol. The Morgan fingerprint density at radius 1 is 0.973 bits per heavy atom. The number of carbonyl (C=O) groups is 2. The predicted octanol–water partition coefficient (Wildman–Crippen LogP) is 7.17. The van der Waals surface area contributed by atoms with Crippen LogP contribution >= 0.6 is 34.4 Å². The van der Waals surface area contributed by atoms with Gasteiger partial charge in [-0.15, -0.1) is 0 Å². The first-order valence-corrected chi connectivity index (χ1v) is 13.2. The number of fused-ring (bicyclic) bond motifs is 1. The zero-order chi connectivity index (χ0) is 25.9. The molecule has 0 unspecified atom stereocenters. The van der Waals surface area contributed by atoms with E-state index in [9.17, 15) is 19.7 Å². The van der Waals surface area contributed by atoms with E-state index in [1.807, 2.05) is 54.6 Å². The molecule has 1 saturated heterocycles. The lowest BCUT2D eigenvalue weighted by atomic mass is 10.0. The van der Waals surface area contributed by atoms with Crippen LogP contribution in [0.1, 0.15) is 16.7 Å². The molecule has 37 heavy (non-hydrogen) atoms. The number of nitro benzene ring substituents is 1. The molecule has 0 aliphatic carbocycles. The van der Waals surface area contributed by atoms with E-state index in [-0.39, 0.29) is 30.0 Å². The monoisotopic (exact) mass is 622 g/mol. The number of benzene rings is 4. The van der Waals surface area contributed by atoms with Crippen LogP contribution in [-0.4, -0.2) is 21.0 Å². The lowest BCUT2D eigenvalue weighted by Crippen LogP contribution is -2.27. The maximum atomic E-state index is 13.1. The summed E-state index contributed by atoms with van der Waals surface area (Å²) < 4.78 is 6.67. The van der Waals surface area contributed by atoms with Crippen molar-refractivity contribution in [2.45, 2.75) is 13.2 Å². The fourth-order valence-electron chi connectivity index (χ4n) is 4.03. The Balaban J connectivity index is 1.29. The van der Waals surface area contributed by atoms with E-state index in [0.717, 1.165) is 37.2 Å². The van der Waals surface area contributed by atoms with Crippen molar-refractivity contribution in [2.75, 3.05) is 0 Å². The molecule has 7 nitrogen and oxygen atoms in total. The van der Waals surface area contributed by atoms with Crippen molar-refractivity contribution in [1.29, 1.82) is 0 Å². The topological polar surface area (TPSA) is 89.7 Å². The Bertz CT molecular complexity index is 1580. The van der Waals surface area contributed by atoms with Crippen LogP contribution in [0.4, 0.5) is 10.5 Å². The first kappa shape index (κ1) is 25.0. The lowest BCUT2D eigenvalue weighted by molar-refractivity contribution is -0.384. The van der Waals surface area contributed by atoms with Gasteiger partial charge in [-0.2, -0.15) is 0 Å². The number of nitro groups is 1. The lowest BCUT2D eigenvalue weighted by Gasteiger charge is -2.14. The van der Waals surface area contributed by atoms with Gasteiger partial charge in [-0.1, -0.05) is 60.7 Å². The number of hydrogen-bond acceptors (Lipinski definition) is 6. The highest BCUT2D eigenvalue weighted by molar-refractivity contribution is 14.1. The molecule has 4 aromatic rings. The second-order valence-electron chi connectivity index (χ2n) is 8.31. The van der Waals surface area contributed by atoms with Crippen LogP contribution in [0.2, 0.25) is 0 Å². The van der Waals surface area contributed by atoms with Gasteiger partial charge in [0.15, 0.2) is 0 Å². The molecule has 0 spiro atoms. The summed E-state index contributed by atoms with van der Waals surface area (Å²) in [6.07, 6.45) is 1.71. The van der Waals surface area contributed by atoms with Crippen molar-refractivity contribution in [1.82, 2.24) is 4.90 Å². The first-order valence-electron chi connectivity index (χ1n) is 11.3. The minimum absolute atomic E-state index is 0.0144. The number of non-ortho nitro benzene ring substituents is 1. The third-order valence-electron chi connectivity index (χ3n) is 5.85. The molecular weight excluding hydrogens is 603 g/mol. The minimum atomic E-state index is -0.439. The van der Waals surface area contributed by atoms with Crippen LogP contribution in [0.3, 0.4) is 0 Å². The number of thioether (sulfide) groups is 1. The normalized spacial score (nSPS) is 14.5. The van der Waals surface area contributed by atoms with Crippen LogP contribution in [-0.2, 0) is 17.9 Å². The Morgan fingerprint density at radius 2 is 1.76 bits per heavy atom. The fraction of sp³-hybridized carbons (Fsp3) is 0.0714. The molecule has 0 aromatic heterocycles. The Kier molecular flexibility index (Phi) is 7.24. The summed E-state index contributed by atoms with van der Waals surface area (Å²) in [7, 11) is 0. The molecule has 1 heterocycles. The molecule has 0 saturated carbocycles. The van der Waals surface area contributed by atoms with Crippen LogP contribution in [0.15, 0.2) is 89.8 Å². The molecule has 1 aliphatic rings. The van der Waals surface area contributed by atoms with E-state index in [1.165, 1.54) is 17.0 Å². The average Bonchev–Trinajstić information content (AvgIpc) is 3.16. The van der Waals surface area contributed by atoms with E-state index < -0.39 is 4.92 Å². The van der Waals surface area contributed by atoms with Crippen molar-refractivity contribution >= 4 is 68.0 Å². The van der Waals surface area contributed by atoms with Gasteiger partial charge >= 0.3 is 0 Å². The van der Waals surface area contributed by atoms with E-state index in [1.54, 1.807) is 24.3 Å². The minimum Gasteiger partial charge on any atom is -0.488 e. The molecule has 0 N–H and O–H groups in total. The molecule has 9 heteroatoms. The SMILES string of the molecule is O=C1S/C(=C/c2ccc(OCc3cccc([N+](=O)[O-])c3)c(I)c2)C(=O)N1Cc1cccc2ccccc12. The van der Waals surface area contributed by atoms with Gasteiger partial charge in [0.25, 0.3) is 16.8 Å². The second kappa shape index (κ2) is 10.7. The fourth-order valence-corrected chi connectivity index (χ4v) is 5.57. The molecule has 184 valence electrons. The Labute approximate surface area is 230 Å². The summed E-state index contributed by atoms with van der Waals surface area (Å²) in [5.41, 5.74) is 2.39. The molecule has 0 bridgehead atoms. The molecule has 1 aliphatic heterocycles. The maximum absolute atomic E-state index is 13.1. The zero-order valence-electron chi connectivity index (χ0n) is 19.3. The molecule has 2 amide bonds. The van der Waals surface area contributed by atoms with Crippen LogP contribution in [0, 0.1) is 13.7 Å². The highest BCUT2D eigenvalue weighted by Gasteiger charge is 2.35. The second-order valence-corrected chi connectivity index (χ2v) is 10.5. The highest BCUT2D eigenvalue weighted by atomic mass is 127. The Morgan fingerprint density at radius 3 is 2.57 bits per heavy atom. The summed E-state index contributed by atoms with van der Waals surface area (Å²) in [5, 5.41) is 12.8. The molecule has 0 atom stereocenters. The van der Waals surface area contributed by atoms with Crippen molar-refractivity contribution in [3.63, 3.8) is 0 Å². The molecule has 4 aromatic carbocycles. The van der Waals surface area contributed by atoms with E-state index in [4.69, 9.17) is 4.74 Å². The third kappa shape index (κ3) is 5.52. The number of hydrogen-bond donors (Lipinski definition) is 0. The molecule has 0 radical (unpaired) electrons. The number of nitrogens with zero attached hydrogens (tertiary/aromatic N) is 2. The zero-order valence-corrected chi connectivity index (χ0v) is 22.3. The Hall–Kier alpha value is -3.70. The number of imide groups is 1. The number of rotatable bonds is 7. The summed E-state index contributed by atoms with van der Waals surface area (Å²) in [5.74, 6) is 0.303. The molecular formula is C28H19IN2O5S. The standard InChI is InChI=1S/C28H19IN2O5S/c29-24-14-18(11-12-25(24)36-17-19-5-3-9-22(13-19)31(34)35)15-26-27(32)30(28(33)37-26)16-21-8-4-7-20-6-1-2-10-23(20)21/h1-15H,16-17H2/b26-15+. The van der Waals surface area contributed by atoms with Gasteiger partial charge in [0.2, 0.25) is 0 Å². The molecule has 5 rings (SSSR count). The first-order chi connectivity index (χ1) is 17.9. The van der Waals surface area contributed by atoms with Gasteiger partial charge in [-0.05, 0) is 80.0 Å². The van der Waals surface area contributed by atoms with Gasteiger partial charge in [-0.3, -0.25) is 24.6 Å². The van der Waals surface area contributed by atoms with Crippen molar-refractivity contribution < 1.29 is 19.2 Å². The average molecular weight is 622 g/mol. The van der Waals surface area contributed by atoms with E-state index in [0.29, 0.717) is 16.2 Å². The van der Waals surface area contributed by atoms with Crippen molar-refractivity contribution in [2.24, 2.45) is 0 Å². The highest BCUT2D eigenvalue weighted by Crippen LogP contribution is 2.35.